The largest absolute Gasteiger partial charge is 0.299 e. The number of piperidine rings is 1. The molecule has 0 unspecified atom stereocenters. The van der Waals surface area contributed by atoms with Gasteiger partial charge in [0.15, 0.2) is 5.82 Å². The van der Waals surface area contributed by atoms with E-state index in [1.165, 1.54) is 11.1 Å². The minimum Gasteiger partial charge on any atom is -0.299 e. The number of benzene rings is 2. The summed E-state index contributed by atoms with van der Waals surface area (Å²) in [6.07, 6.45) is 7.72. The van der Waals surface area contributed by atoms with Crippen molar-refractivity contribution in [2.75, 3.05) is 13.1 Å². The van der Waals surface area contributed by atoms with Crippen LogP contribution in [0.1, 0.15) is 41.4 Å². The van der Waals surface area contributed by atoms with Crippen molar-refractivity contribution in [1.29, 1.82) is 0 Å². The summed E-state index contributed by atoms with van der Waals surface area (Å²) in [7, 11) is 0. The van der Waals surface area contributed by atoms with Crippen molar-refractivity contribution in [3.63, 3.8) is 0 Å². The van der Waals surface area contributed by atoms with Gasteiger partial charge in [-0.15, -0.1) is 0 Å². The van der Waals surface area contributed by atoms with E-state index >= 15 is 0 Å². The number of aromatic amines is 1. The van der Waals surface area contributed by atoms with Gasteiger partial charge in [-0.3, -0.25) is 14.4 Å². The molecule has 0 bridgehead atoms. The number of hydrogen-bond acceptors (Lipinski definition) is 6. The summed E-state index contributed by atoms with van der Waals surface area (Å²) in [5.74, 6) is 2.05. The smallest absolute Gasteiger partial charge is 0.199 e. The molecule has 0 amide bonds. The Balaban J connectivity index is 1.03. The number of fused-ring (bicyclic) bond motifs is 1. The van der Waals surface area contributed by atoms with Crippen LogP contribution in [0.2, 0.25) is 0 Å². The Labute approximate surface area is 239 Å². The van der Waals surface area contributed by atoms with E-state index in [-0.39, 0.29) is 0 Å². The van der Waals surface area contributed by atoms with Gasteiger partial charge >= 0.3 is 0 Å². The van der Waals surface area contributed by atoms with Gasteiger partial charge in [0.05, 0.1) is 11.3 Å². The number of imidazole rings is 1. The fourth-order valence-electron chi connectivity index (χ4n) is 5.70. The lowest BCUT2D eigenvalue weighted by molar-refractivity contribution is 0.202. The summed E-state index contributed by atoms with van der Waals surface area (Å²) >= 11 is 0. The van der Waals surface area contributed by atoms with Gasteiger partial charge in [-0.2, -0.15) is 5.10 Å². The first-order valence-electron chi connectivity index (χ1n) is 14.2. The van der Waals surface area contributed by atoms with Crippen LogP contribution in [0.15, 0.2) is 85.5 Å². The third-order valence-electron chi connectivity index (χ3n) is 8.19. The summed E-state index contributed by atoms with van der Waals surface area (Å²) in [4.78, 5) is 21.5. The zero-order chi connectivity index (χ0) is 27.8. The third kappa shape index (κ3) is 5.02. The van der Waals surface area contributed by atoms with E-state index in [9.17, 15) is 0 Å². The zero-order valence-electron chi connectivity index (χ0n) is 23.3. The van der Waals surface area contributed by atoms with Crippen molar-refractivity contribution in [2.24, 2.45) is 0 Å². The van der Waals surface area contributed by atoms with Crippen molar-refractivity contribution in [1.82, 2.24) is 39.4 Å². The van der Waals surface area contributed by atoms with Crippen LogP contribution in [0.25, 0.3) is 39.5 Å². The molecule has 5 heterocycles. The Kier molecular flexibility index (Phi) is 6.60. The Morgan fingerprint density at radius 3 is 2.44 bits per heavy atom. The normalized spacial score (nSPS) is 14.6. The number of pyridine rings is 1. The number of nitrogens with one attached hydrogen (secondary N) is 1. The maximum absolute atomic E-state index is 4.83. The topological polar surface area (TPSA) is 87.9 Å². The lowest BCUT2D eigenvalue weighted by atomic mass is 9.95. The van der Waals surface area contributed by atoms with Gasteiger partial charge in [-0.05, 0) is 62.5 Å². The summed E-state index contributed by atoms with van der Waals surface area (Å²) in [5, 5.41) is 7.66. The molecule has 41 heavy (non-hydrogen) atoms. The van der Waals surface area contributed by atoms with Gasteiger partial charge in [-0.25, -0.2) is 19.9 Å². The number of H-pyrrole nitrogens is 1. The molecule has 6 aromatic rings. The quantitative estimate of drug-likeness (QED) is 0.269. The maximum atomic E-state index is 4.83. The van der Waals surface area contributed by atoms with Crippen LogP contribution < -0.4 is 0 Å². The Morgan fingerprint density at radius 2 is 1.66 bits per heavy atom. The minimum atomic E-state index is 0.390. The van der Waals surface area contributed by atoms with Crippen molar-refractivity contribution < 1.29 is 0 Å². The third-order valence-corrected chi connectivity index (χ3v) is 8.19. The number of likely N-dealkylation sites (tertiary alicyclic amines) is 1. The van der Waals surface area contributed by atoms with Crippen LogP contribution >= 0.6 is 0 Å². The van der Waals surface area contributed by atoms with Crippen molar-refractivity contribution in [3.05, 3.63) is 108 Å². The van der Waals surface area contributed by atoms with Crippen LogP contribution in [0.4, 0.5) is 0 Å². The van der Waals surface area contributed by atoms with Gasteiger partial charge in [-0.1, -0.05) is 60.7 Å². The molecule has 0 saturated carbocycles. The minimum absolute atomic E-state index is 0.390. The predicted molar refractivity (Wildman–Crippen MR) is 160 cm³/mol. The summed E-state index contributed by atoms with van der Waals surface area (Å²) in [6.45, 7) is 7.08. The average molecular weight is 541 g/mol. The first kappa shape index (κ1) is 25.3. The first-order chi connectivity index (χ1) is 20.1. The number of nitrogens with zero attached hydrogens (tertiary/aromatic N) is 7. The van der Waals surface area contributed by atoms with Crippen LogP contribution in [0.5, 0.6) is 0 Å². The molecule has 0 atom stereocenters. The van der Waals surface area contributed by atoms with Crippen LogP contribution in [0, 0.1) is 13.8 Å². The molecular weight excluding hydrogens is 508 g/mol. The van der Waals surface area contributed by atoms with Gasteiger partial charge in [0.25, 0.3) is 0 Å². The molecule has 8 heteroatoms. The van der Waals surface area contributed by atoms with Crippen LogP contribution in [-0.2, 0) is 6.54 Å². The van der Waals surface area contributed by atoms with E-state index in [1.807, 2.05) is 42.2 Å². The highest BCUT2D eigenvalue weighted by Crippen LogP contribution is 2.34. The molecule has 1 aliphatic heterocycles. The molecule has 1 N–H and O–H groups in total. The van der Waals surface area contributed by atoms with Crippen LogP contribution in [0.3, 0.4) is 0 Å². The lowest BCUT2D eigenvalue weighted by Crippen LogP contribution is -2.32. The molecule has 0 spiro atoms. The summed E-state index contributed by atoms with van der Waals surface area (Å²) in [6, 6.07) is 23.3. The van der Waals surface area contributed by atoms with E-state index in [1.54, 1.807) is 0 Å². The molecule has 1 saturated heterocycles. The molecule has 7 rings (SSSR count). The van der Waals surface area contributed by atoms with Crippen LogP contribution in [-0.4, -0.2) is 52.5 Å². The second-order valence-corrected chi connectivity index (χ2v) is 10.9. The second kappa shape index (κ2) is 10.7. The SMILES string of the molecule is Cc1ccc(-c2n[nH]c(C3CCN(Cc4ccc(-c5ncn6ccnc6c5-c5ccccc5)cc4)CC3)n2)nc1C. The molecule has 1 fully saturated rings. The Bertz CT molecular complexity index is 1790. The number of rotatable bonds is 6. The number of aryl methyl sites for hydroxylation is 2. The summed E-state index contributed by atoms with van der Waals surface area (Å²) in [5.41, 5.74) is 9.45. The van der Waals surface area contributed by atoms with Gasteiger partial charge in [0.1, 0.15) is 23.5 Å². The fourth-order valence-corrected chi connectivity index (χ4v) is 5.70. The molecule has 1 aliphatic rings. The predicted octanol–water partition coefficient (Wildman–Crippen LogP) is 6.24. The van der Waals surface area contributed by atoms with Crippen molar-refractivity contribution in [3.8, 4) is 33.9 Å². The highest BCUT2D eigenvalue weighted by Gasteiger charge is 2.24. The van der Waals surface area contributed by atoms with Gasteiger partial charge < -0.3 is 0 Å². The zero-order valence-corrected chi connectivity index (χ0v) is 23.3. The van der Waals surface area contributed by atoms with Crippen molar-refractivity contribution in [2.45, 2.75) is 39.2 Å². The Morgan fingerprint density at radius 1 is 0.854 bits per heavy atom. The molecule has 2 aromatic carbocycles. The maximum Gasteiger partial charge on any atom is 0.199 e. The van der Waals surface area contributed by atoms with E-state index < -0.39 is 0 Å². The first-order valence-corrected chi connectivity index (χ1v) is 14.2. The molecule has 0 aliphatic carbocycles. The molecule has 4 aromatic heterocycles. The molecule has 0 radical (unpaired) electrons. The number of aromatic nitrogens is 7. The summed E-state index contributed by atoms with van der Waals surface area (Å²) < 4.78 is 1.98. The highest BCUT2D eigenvalue weighted by atomic mass is 15.2. The Hall–Kier alpha value is -4.69. The van der Waals surface area contributed by atoms with Crippen molar-refractivity contribution >= 4 is 5.65 Å². The molecule has 8 nitrogen and oxygen atoms in total. The number of hydrogen-bond donors (Lipinski definition) is 1. The monoisotopic (exact) mass is 540 g/mol. The van der Waals surface area contributed by atoms with Gasteiger partial charge in [0.2, 0.25) is 0 Å². The lowest BCUT2D eigenvalue weighted by Gasteiger charge is -2.31. The van der Waals surface area contributed by atoms with E-state index in [0.29, 0.717) is 11.7 Å². The standard InChI is InChI=1S/C33H32N8/c1-22-8-13-28(36-23(22)2)32-37-31(38-39-32)27-14-17-40(18-15-27)20-24-9-11-26(12-10-24)30-29(25-6-4-3-5-7-25)33-34-16-19-41(33)21-35-30/h3-13,16,19,21,27H,14-15,17-18,20H2,1-2H3,(H,37,38,39). The van der Waals surface area contributed by atoms with E-state index in [4.69, 9.17) is 9.97 Å². The average Bonchev–Trinajstić information content (AvgIpc) is 3.70. The molecular formula is C33H32N8. The second-order valence-electron chi connectivity index (χ2n) is 10.9. The fraction of sp³-hybridized carbons (Fsp3) is 0.242. The molecule has 204 valence electrons. The van der Waals surface area contributed by atoms with E-state index in [2.05, 4.69) is 86.6 Å². The van der Waals surface area contributed by atoms with E-state index in [0.717, 1.165) is 77.7 Å². The highest BCUT2D eigenvalue weighted by molar-refractivity contribution is 5.89. The van der Waals surface area contributed by atoms with Gasteiger partial charge in [0, 0.05) is 36.1 Å².